The van der Waals surface area contributed by atoms with Crippen LogP contribution in [0.25, 0.3) is 10.9 Å². The van der Waals surface area contributed by atoms with Crippen LogP contribution in [-0.2, 0) is 9.53 Å². The van der Waals surface area contributed by atoms with Crippen LogP contribution in [0.3, 0.4) is 0 Å². The Balaban J connectivity index is 1.52. The van der Waals surface area contributed by atoms with Crippen molar-refractivity contribution in [1.82, 2.24) is 10.3 Å². The van der Waals surface area contributed by atoms with Gasteiger partial charge in [-0.15, -0.1) is 0 Å². The largest absolute Gasteiger partial charge is 0.448 e. The molecule has 7 heteroatoms. The van der Waals surface area contributed by atoms with Crippen molar-refractivity contribution in [3.8, 4) is 0 Å². The third kappa shape index (κ3) is 4.41. The molecule has 0 unspecified atom stereocenters. The Morgan fingerprint density at radius 2 is 1.56 bits per heavy atom. The smallest absolute Gasteiger partial charge is 0.326 e. The van der Waals surface area contributed by atoms with E-state index >= 15 is 0 Å². The number of halogens is 1. The van der Waals surface area contributed by atoms with Crippen LogP contribution in [0, 0.1) is 5.82 Å². The summed E-state index contributed by atoms with van der Waals surface area (Å²) in [5, 5.41) is 3.04. The van der Waals surface area contributed by atoms with Crippen LogP contribution in [0.15, 0.2) is 85.1 Å². The Labute approximate surface area is 183 Å². The fourth-order valence-corrected chi connectivity index (χ4v) is 3.38. The van der Waals surface area contributed by atoms with Gasteiger partial charge in [-0.2, -0.15) is 0 Å². The summed E-state index contributed by atoms with van der Waals surface area (Å²) in [7, 11) is 0. The predicted molar refractivity (Wildman–Crippen MR) is 117 cm³/mol. The van der Waals surface area contributed by atoms with E-state index in [1.54, 1.807) is 42.6 Å². The number of hydrogen-bond acceptors (Lipinski definition) is 4. The number of carbonyl (C=O) groups is 3. The maximum Gasteiger partial charge on any atom is 0.326 e. The SMILES string of the molecule is O=C(CNC(=O)c1ccccc1F)O[C@H](C(=O)c1c[nH]c2ccccc12)c1ccccc1. The lowest BCUT2D eigenvalue weighted by Gasteiger charge is -2.17. The molecule has 0 saturated heterocycles. The molecule has 0 bridgehead atoms. The number of esters is 1. The third-order valence-corrected chi connectivity index (χ3v) is 4.96. The molecule has 0 aliphatic carbocycles. The summed E-state index contributed by atoms with van der Waals surface area (Å²) in [6.07, 6.45) is 0.379. The molecule has 6 nitrogen and oxygen atoms in total. The Morgan fingerprint density at radius 1 is 0.875 bits per heavy atom. The monoisotopic (exact) mass is 430 g/mol. The van der Waals surface area contributed by atoms with E-state index < -0.39 is 36.1 Å². The number of fused-ring (bicyclic) bond motifs is 1. The van der Waals surface area contributed by atoms with Gasteiger partial charge in [0.15, 0.2) is 6.10 Å². The topological polar surface area (TPSA) is 88.3 Å². The van der Waals surface area contributed by atoms with Crippen LogP contribution < -0.4 is 5.32 Å². The van der Waals surface area contributed by atoms with E-state index in [2.05, 4.69) is 10.3 Å². The number of nitrogens with one attached hydrogen (secondary N) is 2. The molecule has 1 atom stereocenters. The van der Waals surface area contributed by atoms with E-state index in [0.717, 1.165) is 11.6 Å². The van der Waals surface area contributed by atoms with Gasteiger partial charge in [-0.3, -0.25) is 14.4 Å². The van der Waals surface area contributed by atoms with Crippen molar-refractivity contribution in [2.45, 2.75) is 6.10 Å². The summed E-state index contributed by atoms with van der Waals surface area (Å²) in [5.74, 6) is -2.67. The number of Topliss-reactive ketones (excluding diaryl/α,β-unsaturated/α-hetero) is 1. The molecule has 0 saturated carbocycles. The number of H-pyrrole nitrogens is 1. The molecule has 0 aliphatic heterocycles. The maximum absolute atomic E-state index is 13.8. The highest BCUT2D eigenvalue weighted by molar-refractivity contribution is 6.10. The average Bonchev–Trinajstić information content (AvgIpc) is 3.26. The second-order valence-electron chi connectivity index (χ2n) is 7.06. The van der Waals surface area contributed by atoms with Crippen molar-refractivity contribution in [3.05, 3.63) is 108 Å². The summed E-state index contributed by atoms with van der Waals surface area (Å²) < 4.78 is 19.2. The van der Waals surface area contributed by atoms with Crippen molar-refractivity contribution in [1.29, 1.82) is 0 Å². The van der Waals surface area contributed by atoms with Crippen molar-refractivity contribution in [2.24, 2.45) is 0 Å². The zero-order chi connectivity index (χ0) is 22.5. The fraction of sp³-hybridized carbons (Fsp3) is 0.0800. The first-order valence-electron chi connectivity index (χ1n) is 9.92. The third-order valence-electron chi connectivity index (χ3n) is 4.96. The molecular weight excluding hydrogens is 411 g/mol. The lowest BCUT2D eigenvalue weighted by Crippen LogP contribution is -2.33. The second kappa shape index (κ2) is 9.26. The fourth-order valence-electron chi connectivity index (χ4n) is 3.38. The molecular formula is C25H19FN2O4. The van der Waals surface area contributed by atoms with Crippen molar-refractivity contribution < 1.29 is 23.5 Å². The number of amides is 1. The van der Waals surface area contributed by atoms with Gasteiger partial charge in [-0.1, -0.05) is 60.7 Å². The van der Waals surface area contributed by atoms with Crippen LogP contribution in [0.4, 0.5) is 4.39 Å². The number of ketones is 1. The van der Waals surface area contributed by atoms with Gasteiger partial charge >= 0.3 is 5.97 Å². The molecule has 4 aromatic rings. The molecule has 2 N–H and O–H groups in total. The normalized spacial score (nSPS) is 11.7. The van der Waals surface area contributed by atoms with Crippen LogP contribution >= 0.6 is 0 Å². The summed E-state index contributed by atoms with van der Waals surface area (Å²) in [4.78, 5) is 41.0. The van der Waals surface area contributed by atoms with Gasteiger partial charge in [-0.05, 0) is 18.2 Å². The lowest BCUT2D eigenvalue weighted by molar-refractivity contribution is -0.146. The Bertz CT molecular complexity index is 1280. The number of carbonyl (C=O) groups excluding carboxylic acids is 3. The van der Waals surface area contributed by atoms with E-state index in [4.69, 9.17) is 4.74 Å². The van der Waals surface area contributed by atoms with Gasteiger partial charge in [-0.25, -0.2) is 4.39 Å². The number of aromatic amines is 1. The van der Waals surface area contributed by atoms with Gasteiger partial charge in [0.05, 0.1) is 5.56 Å². The van der Waals surface area contributed by atoms with E-state index in [0.29, 0.717) is 16.5 Å². The molecule has 32 heavy (non-hydrogen) atoms. The van der Waals surface area contributed by atoms with Crippen LogP contribution in [0.5, 0.6) is 0 Å². The summed E-state index contributed by atoms with van der Waals surface area (Å²) in [6, 6.07) is 21.4. The summed E-state index contributed by atoms with van der Waals surface area (Å²) >= 11 is 0. The molecule has 1 aromatic heterocycles. The lowest BCUT2D eigenvalue weighted by atomic mass is 9.99. The Morgan fingerprint density at radius 3 is 2.34 bits per heavy atom. The maximum atomic E-state index is 13.8. The number of hydrogen-bond donors (Lipinski definition) is 2. The van der Waals surface area contributed by atoms with Gasteiger partial charge in [0.2, 0.25) is 5.78 Å². The number of para-hydroxylation sites is 1. The standard InChI is InChI=1S/C25H19FN2O4/c26-20-12-6-4-11-18(20)25(31)28-15-22(29)32-24(16-8-2-1-3-9-16)23(30)19-14-27-21-13-7-5-10-17(19)21/h1-14,24,27H,15H2,(H,28,31)/t24-/m0/s1. The molecule has 0 fully saturated rings. The number of rotatable bonds is 7. The molecule has 0 spiro atoms. The first-order valence-corrected chi connectivity index (χ1v) is 9.92. The van der Waals surface area contributed by atoms with Crippen LogP contribution in [0.2, 0.25) is 0 Å². The minimum Gasteiger partial charge on any atom is -0.448 e. The summed E-state index contributed by atoms with van der Waals surface area (Å²) in [5.41, 5.74) is 1.48. The number of benzene rings is 3. The van der Waals surface area contributed by atoms with Crippen LogP contribution in [0.1, 0.15) is 32.4 Å². The molecule has 0 aliphatic rings. The highest BCUT2D eigenvalue weighted by Gasteiger charge is 2.28. The van der Waals surface area contributed by atoms with E-state index in [1.165, 1.54) is 18.2 Å². The van der Waals surface area contributed by atoms with Gasteiger partial charge in [0.25, 0.3) is 5.91 Å². The highest BCUT2D eigenvalue weighted by Crippen LogP contribution is 2.27. The Kier molecular flexibility index (Phi) is 6.07. The molecule has 1 amide bonds. The predicted octanol–water partition coefficient (Wildman–Crippen LogP) is 4.20. The van der Waals surface area contributed by atoms with Crippen LogP contribution in [-0.4, -0.2) is 29.2 Å². The Hall–Kier alpha value is -4.26. The molecule has 0 radical (unpaired) electrons. The zero-order valence-electron chi connectivity index (χ0n) is 16.9. The minimum atomic E-state index is -1.20. The zero-order valence-corrected chi connectivity index (χ0v) is 16.9. The van der Waals surface area contributed by atoms with Crippen molar-refractivity contribution in [3.63, 3.8) is 0 Å². The van der Waals surface area contributed by atoms with Gasteiger partial charge in [0.1, 0.15) is 12.4 Å². The molecule has 3 aromatic carbocycles. The minimum absolute atomic E-state index is 0.185. The van der Waals surface area contributed by atoms with E-state index in [9.17, 15) is 18.8 Å². The highest BCUT2D eigenvalue weighted by atomic mass is 19.1. The second-order valence-corrected chi connectivity index (χ2v) is 7.06. The quantitative estimate of drug-likeness (QED) is 0.340. The van der Waals surface area contributed by atoms with E-state index in [-0.39, 0.29) is 5.56 Å². The summed E-state index contributed by atoms with van der Waals surface area (Å²) in [6.45, 7) is -0.516. The average molecular weight is 430 g/mol. The molecule has 160 valence electrons. The van der Waals surface area contributed by atoms with Gasteiger partial charge < -0.3 is 15.0 Å². The molecule has 4 rings (SSSR count). The van der Waals surface area contributed by atoms with Gasteiger partial charge in [0, 0.05) is 28.2 Å². The number of aromatic nitrogens is 1. The van der Waals surface area contributed by atoms with E-state index in [1.807, 2.05) is 18.2 Å². The van der Waals surface area contributed by atoms with Crippen molar-refractivity contribution in [2.75, 3.05) is 6.54 Å². The first kappa shape index (κ1) is 21.0. The number of ether oxygens (including phenoxy) is 1. The first-order chi connectivity index (χ1) is 15.5. The van der Waals surface area contributed by atoms with Crippen molar-refractivity contribution >= 4 is 28.6 Å². The molecule has 1 heterocycles.